The molecule has 0 N–H and O–H groups in total. The molecule has 0 saturated heterocycles. The van der Waals surface area contributed by atoms with Gasteiger partial charge in [0.25, 0.3) is 5.56 Å². The van der Waals surface area contributed by atoms with Crippen molar-refractivity contribution in [3.8, 4) is 5.75 Å². The van der Waals surface area contributed by atoms with Crippen LogP contribution in [0.1, 0.15) is 94.9 Å². The predicted octanol–water partition coefficient (Wildman–Crippen LogP) is 5.83. The van der Waals surface area contributed by atoms with Crippen molar-refractivity contribution in [2.75, 3.05) is 6.61 Å². The minimum atomic E-state index is -1.08. The number of hydrogen-bond acceptors (Lipinski definition) is 6. The Hall–Kier alpha value is -3.68. The number of unbranched alkanes of at least 4 members (excludes halogenated alkanes) is 2. The molecule has 1 saturated carbocycles. The van der Waals surface area contributed by atoms with Gasteiger partial charge in [0.15, 0.2) is 5.60 Å². The standard InChI is InChI=1S/C34H45N3O5/c1-4-41-32(39)34(2,3)42-29-22-14-19-27(25-29)18-11-13-24-37-33(40)36(23-12-10-17-26-15-6-5-7-16-26)31(38)30(35-37)28-20-8-9-21-28/h5-7,14-16,19,22,25,28H,4,8-13,17-18,20-21,23-24H2,1-3H3. The number of aryl methyl sites for hydroxylation is 3. The van der Waals surface area contributed by atoms with Crippen LogP contribution in [0.4, 0.5) is 0 Å². The lowest BCUT2D eigenvalue weighted by atomic mass is 10.0. The van der Waals surface area contributed by atoms with Crippen LogP contribution in [0.15, 0.2) is 64.2 Å². The second kappa shape index (κ2) is 15.0. The van der Waals surface area contributed by atoms with E-state index in [0.717, 1.165) is 69.8 Å². The summed E-state index contributed by atoms with van der Waals surface area (Å²) in [4.78, 5) is 38.9. The van der Waals surface area contributed by atoms with Gasteiger partial charge in [-0.1, -0.05) is 55.3 Å². The molecule has 2 aromatic carbocycles. The van der Waals surface area contributed by atoms with Gasteiger partial charge in [0, 0.05) is 19.0 Å². The summed E-state index contributed by atoms with van der Waals surface area (Å²) < 4.78 is 14.0. The van der Waals surface area contributed by atoms with Crippen LogP contribution in [0.2, 0.25) is 0 Å². The van der Waals surface area contributed by atoms with E-state index in [9.17, 15) is 14.4 Å². The molecule has 0 aliphatic heterocycles. The second-order valence-electron chi connectivity index (χ2n) is 11.7. The molecule has 3 aromatic rings. The number of hydrogen-bond donors (Lipinski definition) is 0. The lowest BCUT2D eigenvalue weighted by Gasteiger charge is -2.24. The van der Waals surface area contributed by atoms with Crippen LogP contribution < -0.4 is 16.0 Å². The highest BCUT2D eigenvalue weighted by Crippen LogP contribution is 2.31. The Morgan fingerprint density at radius 3 is 2.29 bits per heavy atom. The molecule has 0 spiro atoms. The van der Waals surface area contributed by atoms with E-state index >= 15 is 0 Å². The van der Waals surface area contributed by atoms with Gasteiger partial charge in [-0.15, -0.1) is 0 Å². The molecule has 1 aliphatic carbocycles. The molecule has 1 heterocycles. The van der Waals surface area contributed by atoms with E-state index in [4.69, 9.17) is 9.47 Å². The largest absolute Gasteiger partial charge is 0.476 e. The molecular formula is C34H45N3O5. The first-order valence-corrected chi connectivity index (χ1v) is 15.5. The Morgan fingerprint density at radius 2 is 1.57 bits per heavy atom. The average molecular weight is 576 g/mol. The first kappa shape index (κ1) is 31.3. The molecule has 4 rings (SSSR count). The van der Waals surface area contributed by atoms with Crippen LogP contribution in [0, 0.1) is 0 Å². The molecule has 0 radical (unpaired) electrons. The molecule has 42 heavy (non-hydrogen) atoms. The molecule has 0 amide bonds. The fraction of sp³-hybridized carbons (Fsp3) is 0.529. The summed E-state index contributed by atoms with van der Waals surface area (Å²) in [5.74, 6) is 0.355. The van der Waals surface area contributed by atoms with Crippen molar-refractivity contribution in [2.45, 2.75) is 110 Å². The van der Waals surface area contributed by atoms with Gasteiger partial charge in [-0.3, -0.25) is 9.36 Å². The summed E-state index contributed by atoms with van der Waals surface area (Å²) in [5, 5.41) is 4.63. The van der Waals surface area contributed by atoms with Crippen molar-refractivity contribution in [3.05, 3.63) is 92.3 Å². The summed E-state index contributed by atoms with van der Waals surface area (Å²) in [5.41, 5.74) is 1.32. The second-order valence-corrected chi connectivity index (χ2v) is 11.7. The number of nitrogens with zero attached hydrogens (tertiary/aromatic N) is 3. The highest BCUT2D eigenvalue weighted by Gasteiger charge is 2.31. The Kier molecular flexibility index (Phi) is 11.2. The molecule has 0 unspecified atom stereocenters. The fourth-order valence-electron chi connectivity index (χ4n) is 5.62. The topological polar surface area (TPSA) is 92.4 Å². The molecule has 0 bridgehead atoms. The van der Waals surface area contributed by atoms with Crippen LogP contribution in [0.5, 0.6) is 5.75 Å². The van der Waals surface area contributed by atoms with Crippen LogP contribution >= 0.6 is 0 Å². The fourth-order valence-corrected chi connectivity index (χ4v) is 5.62. The summed E-state index contributed by atoms with van der Waals surface area (Å²) in [6.45, 7) is 6.36. The Bertz CT molecular complexity index is 1420. The summed E-state index contributed by atoms with van der Waals surface area (Å²) in [6, 6.07) is 18.0. The van der Waals surface area contributed by atoms with Crippen molar-refractivity contribution in [1.82, 2.24) is 14.3 Å². The Labute approximate surface area is 248 Å². The lowest BCUT2D eigenvalue weighted by molar-refractivity contribution is -0.158. The van der Waals surface area contributed by atoms with Crippen molar-refractivity contribution < 1.29 is 14.3 Å². The van der Waals surface area contributed by atoms with Crippen molar-refractivity contribution >= 4 is 5.97 Å². The van der Waals surface area contributed by atoms with Crippen LogP contribution in [0.3, 0.4) is 0 Å². The van der Waals surface area contributed by atoms with Crippen molar-refractivity contribution in [3.63, 3.8) is 0 Å². The number of carbonyl (C=O) groups is 1. The van der Waals surface area contributed by atoms with Crippen molar-refractivity contribution in [1.29, 1.82) is 0 Å². The number of esters is 1. The third kappa shape index (κ3) is 8.43. The van der Waals surface area contributed by atoms with E-state index in [-0.39, 0.29) is 17.2 Å². The van der Waals surface area contributed by atoms with Gasteiger partial charge < -0.3 is 9.47 Å². The highest BCUT2D eigenvalue weighted by molar-refractivity contribution is 5.79. The first-order valence-electron chi connectivity index (χ1n) is 15.5. The zero-order chi connectivity index (χ0) is 30.0. The molecule has 8 nitrogen and oxygen atoms in total. The van der Waals surface area contributed by atoms with Crippen LogP contribution in [0.25, 0.3) is 0 Å². The van der Waals surface area contributed by atoms with Gasteiger partial charge in [0.05, 0.1) is 6.61 Å². The molecule has 1 fully saturated rings. The smallest absolute Gasteiger partial charge is 0.349 e. The lowest BCUT2D eigenvalue weighted by Crippen LogP contribution is -2.44. The number of carbonyl (C=O) groups excluding carboxylic acids is 1. The van der Waals surface area contributed by atoms with E-state index < -0.39 is 11.6 Å². The Morgan fingerprint density at radius 1 is 0.905 bits per heavy atom. The van der Waals surface area contributed by atoms with Crippen molar-refractivity contribution in [2.24, 2.45) is 0 Å². The van der Waals surface area contributed by atoms with Crippen LogP contribution in [-0.4, -0.2) is 32.5 Å². The quantitative estimate of drug-likeness (QED) is 0.167. The molecular weight excluding hydrogens is 530 g/mol. The van der Waals surface area contributed by atoms with Gasteiger partial charge >= 0.3 is 11.7 Å². The third-order valence-corrected chi connectivity index (χ3v) is 7.95. The zero-order valence-corrected chi connectivity index (χ0v) is 25.3. The van der Waals surface area contributed by atoms with Gasteiger partial charge in [-0.05, 0) is 95.4 Å². The maximum Gasteiger partial charge on any atom is 0.349 e. The predicted molar refractivity (Wildman–Crippen MR) is 164 cm³/mol. The average Bonchev–Trinajstić information content (AvgIpc) is 3.51. The van der Waals surface area contributed by atoms with Gasteiger partial charge in [-0.2, -0.15) is 5.10 Å². The van der Waals surface area contributed by atoms with E-state index in [1.807, 2.05) is 42.5 Å². The molecule has 226 valence electrons. The minimum Gasteiger partial charge on any atom is -0.476 e. The monoisotopic (exact) mass is 575 g/mol. The van der Waals surface area contributed by atoms with Gasteiger partial charge in [-0.25, -0.2) is 14.3 Å². The highest BCUT2D eigenvalue weighted by atomic mass is 16.6. The molecule has 1 aliphatic rings. The van der Waals surface area contributed by atoms with E-state index in [2.05, 4.69) is 17.2 Å². The summed E-state index contributed by atoms with van der Waals surface area (Å²) in [7, 11) is 0. The first-order chi connectivity index (χ1) is 20.3. The van der Waals surface area contributed by atoms with E-state index in [1.54, 1.807) is 20.8 Å². The molecule has 0 atom stereocenters. The molecule has 8 heteroatoms. The maximum atomic E-state index is 13.4. The number of aromatic nitrogens is 3. The SMILES string of the molecule is CCOC(=O)C(C)(C)Oc1cccc(CCCCn2nc(C3CCCC3)c(=O)n(CCCCc3ccccc3)c2=O)c1. The number of rotatable bonds is 15. The summed E-state index contributed by atoms with van der Waals surface area (Å²) in [6.07, 6.45) is 9.11. The molecule has 1 aromatic heterocycles. The van der Waals surface area contributed by atoms with Gasteiger partial charge in [0.2, 0.25) is 0 Å². The maximum absolute atomic E-state index is 13.4. The zero-order valence-electron chi connectivity index (χ0n) is 25.3. The number of ether oxygens (including phenoxy) is 2. The van der Waals surface area contributed by atoms with E-state index in [0.29, 0.717) is 31.1 Å². The normalized spacial score (nSPS) is 13.8. The van der Waals surface area contributed by atoms with Crippen LogP contribution in [-0.2, 0) is 35.5 Å². The summed E-state index contributed by atoms with van der Waals surface area (Å²) >= 11 is 0. The minimum absolute atomic E-state index is 0.140. The Balaban J connectivity index is 1.38. The number of benzene rings is 2. The van der Waals surface area contributed by atoms with E-state index in [1.165, 1.54) is 14.8 Å². The van der Waals surface area contributed by atoms with Gasteiger partial charge in [0.1, 0.15) is 11.4 Å². The third-order valence-electron chi connectivity index (χ3n) is 7.95.